The molecule has 4 N–H and O–H groups in total. The van der Waals surface area contributed by atoms with E-state index >= 15 is 0 Å². The highest BCUT2D eigenvalue weighted by Gasteiger charge is 2.38. The Morgan fingerprint density at radius 3 is 2.46 bits per heavy atom. The van der Waals surface area contributed by atoms with E-state index in [1.54, 1.807) is 6.20 Å². The van der Waals surface area contributed by atoms with Gasteiger partial charge in [-0.3, -0.25) is 9.78 Å². The minimum atomic E-state index is -1.90. The molecule has 1 amide bonds. The lowest BCUT2D eigenvalue weighted by Gasteiger charge is -2.36. The number of amides is 1. The second-order valence-corrected chi connectivity index (χ2v) is 16.9. The lowest BCUT2D eigenvalue weighted by atomic mass is 9.91. The number of aromatic nitrogens is 2. The number of pyridine rings is 2. The Hall–Kier alpha value is -2.49. The molecule has 0 bridgehead atoms. The summed E-state index contributed by atoms with van der Waals surface area (Å²) in [6.45, 7) is 11.5. The topological polar surface area (TPSA) is 102 Å². The number of rotatable bonds is 7. The number of carbonyl (C=O) groups excluding carboxylic acids is 1. The molecule has 0 spiro atoms. The molecule has 2 aromatic heterocycles. The fraction of sp³-hybridized carbons (Fsp3) is 0.464. The monoisotopic (exact) mass is 583 g/mol. The summed E-state index contributed by atoms with van der Waals surface area (Å²) < 4.78 is 6.98. The van der Waals surface area contributed by atoms with Crippen LogP contribution in [-0.2, 0) is 6.54 Å². The number of hydrogen-bond donors (Lipinski definition) is 3. The van der Waals surface area contributed by atoms with Crippen LogP contribution in [0.4, 0.5) is 5.69 Å². The van der Waals surface area contributed by atoms with Gasteiger partial charge in [-0.05, 0) is 89.6 Å². The van der Waals surface area contributed by atoms with E-state index in [0.29, 0.717) is 22.5 Å². The van der Waals surface area contributed by atoms with Gasteiger partial charge in [-0.15, -0.1) is 0 Å². The van der Waals surface area contributed by atoms with Gasteiger partial charge in [-0.1, -0.05) is 32.9 Å². The molecule has 3 aromatic rings. The zero-order chi connectivity index (χ0) is 26.8. The smallest absolute Gasteiger partial charge is 0.272 e. The maximum absolute atomic E-state index is 13.4. The Morgan fingerprint density at radius 1 is 1.14 bits per heavy atom. The Kier molecular flexibility index (Phi) is 8.25. The zero-order valence-corrected chi connectivity index (χ0v) is 25.0. The van der Waals surface area contributed by atoms with E-state index in [0.717, 1.165) is 47.9 Å². The standard InChI is InChI=1S/C28H38BrN5O2Si/c1-28(2,3)37(4,5)36-21-14-8-18(9-15-21)17-32-27(35)25-24(33-20-12-10-19(30)11-13-20)23-22(26(29)34-25)7-6-16-31-23/h6-9,14-16,19-20,33H,10-13,17,30H2,1-5H3,(H,32,35). The number of nitrogens with zero attached hydrogens (tertiary/aromatic N) is 2. The number of fused-ring (bicyclic) bond motifs is 1. The van der Waals surface area contributed by atoms with E-state index in [4.69, 9.17) is 10.2 Å². The number of halogens is 1. The van der Waals surface area contributed by atoms with E-state index in [-0.39, 0.29) is 23.0 Å². The molecule has 198 valence electrons. The molecule has 2 heterocycles. The van der Waals surface area contributed by atoms with Crippen molar-refractivity contribution in [2.45, 2.75) is 83.2 Å². The first-order valence-electron chi connectivity index (χ1n) is 13.0. The highest BCUT2D eigenvalue weighted by atomic mass is 79.9. The molecule has 1 aliphatic rings. The summed E-state index contributed by atoms with van der Waals surface area (Å²) in [4.78, 5) is 22.6. The van der Waals surface area contributed by atoms with Crippen LogP contribution >= 0.6 is 15.9 Å². The van der Waals surface area contributed by atoms with Crippen LogP contribution in [0, 0.1) is 0 Å². The van der Waals surface area contributed by atoms with Crippen LogP contribution in [0.3, 0.4) is 0 Å². The van der Waals surface area contributed by atoms with Gasteiger partial charge >= 0.3 is 0 Å². The van der Waals surface area contributed by atoms with Crippen molar-refractivity contribution in [3.8, 4) is 5.75 Å². The molecule has 1 saturated carbocycles. The zero-order valence-electron chi connectivity index (χ0n) is 22.4. The van der Waals surface area contributed by atoms with Gasteiger partial charge < -0.3 is 20.8 Å². The first-order valence-corrected chi connectivity index (χ1v) is 16.7. The van der Waals surface area contributed by atoms with Crippen LogP contribution < -0.4 is 20.8 Å². The summed E-state index contributed by atoms with van der Waals surface area (Å²) >= 11 is 3.54. The maximum Gasteiger partial charge on any atom is 0.272 e. The van der Waals surface area contributed by atoms with Crippen LogP contribution in [0.25, 0.3) is 10.9 Å². The Bertz CT molecular complexity index is 1250. The Morgan fingerprint density at radius 2 is 1.81 bits per heavy atom. The minimum absolute atomic E-state index is 0.130. The fourth-order valence-electron chi connectivity index (χ4n) is 4.26. The molecule has 0 saturated heterocycles. The van der Waals surface area contributed by atoms with Crippen molar-refractivity contribution >= 4 is 46.7 Å². The quantitative estimate of drug-likeness (QED) is 0.220. The first-order chi connectivity index (χ1) is 17.4. The molecule has 0 aliphatic heterocycles. The van der Waals surface area contributed by atoms with Crippen molar-refractivity contribution in [2.75, 3.05) is 5.32 Å². The highest BCUT2D eigenvalue weighted by molar-refractivity contribution is 9.10. The molecule has 0 radical (unpaired) electrons. The van der Waals surface area contributed by atoms with E-state index in [1.807, 2.05) is 36.4 Å². The number of nitrogens with one attached hydrogen (secondary N) is 2. The molecule has 1 aromatic carbocycles. The fourth-order valence-corrected chi connectivity index (χ4v) is 5.78. The molecule has 7 nitrogen and oxygen atoms in total. The van der Waals surface area contributed by atoms with Crippen molar-refractivity contribution in [1.82, 2.24) is 15.3 Å². The highest BCUT2D eigenvalue weighted by Crippen LogP contribution is 2.37. The Labute approximate surface area is 229 Å². The third kappa shape index (κ3) is 6.51. The molecule has 1 aliphatic carbocycles. The maximum atomic E-state index is 13.4. The molecule has 37 heavy (non-hydrogen) atoms. The summed E-state index contributed by atoms with van der Waals surface area (Å²) in [7, 11) is -1.90. The van der Waals surface area contributed by atoms with Gasteiger partial charge in [0.2, 0.25) is 8.32 Å². The van der Waals surface area contributed by atoms with Gasteiger partial charge in [0.15, 0.2) is 5.69 Å². The van der Waals surface area contributed by atoms with E-state index in [1.165, 1.54) is 0 Å². The van der Waals surface area contributed by atoms with Crippen LogP contribution in [0.15, 0.2) is 47.2 Å². The Balaban J connectivity index is 1.51. The van der Waals surface area contributed by atoms with Gasteiger partial charge in [0.1, 0.15) is 10.4 Å². The summed E-state index contributed by atoms with van der Waals surface area (Å²) in [5, 5.41) is 7.62. The molecular formula is C28H38BrN5O2Si. The van der Waals surface area contributed by atoms with Gasteiger partial charge in [-0.2, -0.15) is 0 Å². The lowest BCUT2D eigenvalue weighted by molar-refractivity contribution is 0.0946. The number of hydrogen-bond acceptors (Lipinski definition) is 6. The van der Waals surface area contributed by atoms with Crippen molar-refractivity contribution in [3.05, 3.63) is 58.5 Å². The molecule has 0 atom stereocenters. The summed E-state index contributed by atoms with van der Waals surface area (Å²) in [6.07, 6.45) is 5.57. The molecular weight excluding hydrogens is 546 g/mol. The predicted molar refractivity (Wildman–Crippen MR) is 157 cm³/mol. The molecule has 4 rings (SSSR count). The molecule has 1 fully saturated rings. The largest absolute Gasteiger partial charge is 0.544 e. The number of benzene rings is 1. The van der Waals surface area contributed by atoms with Crippen molar-refractivity contribution in [3.63, 3.8) is 0 Å². The second kappa shape index (κ2) is 11.1. The molecule has 9 heteroatoms. The number of carbonyl (C=O) groups is 1. The first kappa shape index (κ1) is 27.5. The van der Waals surface area contributed by atoms with Gasteiger partial charge in [0.05, 0.1) is 11.2 Å². The average molecular weight is 585 g/mol. The summed E-state index contributed by atoms with van der Waals surface area (Å²) in [6, 6.07) is 12.3. The van der Waals surface area contributed by atoms with Crippen LogP contribution in [-0.4, -0.2) is 36.3 Å². The van der Waals surface area contributed by atoms with E-state index in [9.17, 15) is 4.79 Å². The van der Waals surface area contributed by atoms with Crippen molar-refractivity contribution in [1.29, 1.82) is 0 Å². The number of nitrogens with two attached hydrogens (primary N) is 1. The lowest BCUT2D eigenvalue weighted by Crippen LogP contribution is -2.43. The minimum Gasteiger partial charge on any atom is -0.544 e. The molecule has 0 unspecified atom stereocenters. The predicted octanol–water partition coefficient (Wildman–Crippen LogP) is 6.39. The van der Waals surface area contributed by atoms with E-state index < -0.39 is 8.32 Å². The summed E-state index contributed by atoms with van der Waals surface area (Å²) in [5.74, 6) is 0.622. The third-order valence-electron chi connectivity index (χ3n) is 7.60. The normalized spacial score (nSPS) is 18.5. The van der Waals surface area contributed by atoms with Crippen molar-refractivity contribution in [2.24, 2.45) is 5.73 Å². The third-order valence-corrected chi connectivity index (χ3v) is 12.6. The average Bonchev–Trinajstić information content (AvgIpc) is 2.85. The van der Waals surface area contributed by atoms with Gasteiger partial charge in [0.25, 0.3) is 5.91 Å². The van der Waals surface area contributed by atoms with Crippen LogP contribution in [0.1, 0.15) is 62.5 Å². The van der Waals surface area contributed by atoms with Crippen molar-refractivity contribution < 1.29 is 9.22 Å². The summed E-state index contributed by atoms with van der Waals surface area (Å²) in [5.41, 5.74) is 8.84. The second-order valence-electron chi connectivity index (χ2n) is 11.5. The number of anilines is 1. The van der Waals surface area contributed by atoms with E-state index in [2.05, 4.69) is 70.4 Å². The van der Waals surface area contributed by atoms with Gasteiger partial charge in [0, 0.05) is 30.2 Å². The SMILES string of the molecule is CC(C)(C)[Si](C)(C)Oc1ccc(CNC(=O)c2nc(Br)c3cccnc3c2NC2CCC(N)CC2)cc1. The van der Waals surface area contributed by atoms with Gasteiger partial charge in [-0.25, -0.2) is 4.98 Å². The van der Waals surface area contributed by atoms with Crippen LogP contribution in [0.5, 0.6) is 5.75 Å². The van der Waals surface area contributed by atoms with Crippen LogP contribution in [0.2, 0.25) is 18.1 Å².